The molecule has 0 unspecified atom stereocenters. The van der Waals surface area contributed by atoms with Crippen LogP contribution in [0.25, 0.3) is 11.1 Å². The molecule has 3 heteroatoms. The monoisotopic (exact) mass is 220 g/mol. The Kier molecular flexibility index (Phi) is 2.64. The molecular formula is C12H9FOS. The standard InChI is InChI=1S/C12H9FOS/c1-8(14)12-6-10(7-15-12)9-2-4-11(13)5-3-9/h2-7H,1H3. The highest BCUT2D eigenvalue weighted by atomic mass is 32.1. The summed E-state index contributed by atoms with van der Waals surface area (Å²) < 4.78 is 12.7. The Morgan fingerprint density at radius 2 is 1.87 bits per heavy atom. The van der Waals surface area contributed by atoms with Crippen LogP contribution in [0.1, 0.15) is 16.6 Å². The van der Waals surface area contributed by atoms with Crippen LogP contribution < -0.4 is 0 Å². The summed E-state index contributed by atoms with van der Waals surface area (Å²) in [6.07, 6.45) is 0. The molecule has 0 aliphatic heterocycles. The highest BCUT2D eigenvalue weighted by Gasteiger charge is 2.05. The number of hydrogen-bond donors (Lipinski definition) is 0. The zero-order chi connectivity index (χ0) is 10.8. The molecule has 0 radical (unpaired) electrons. The van der Waals surface area contributed by atoms with Crippen molar-refractivity contribution >= 4 is 17.1 Å². The van der Waals surface area contributed by atoms with E-state index >= 15 is 0 Å². The number of Topliss-reactive ketones (excluding diaryl/α,β-unsaturated/α-hetero) is 1. The number of halogens is 1. The quantitative estimate of drug-likeness (QED) is 0.704. The molecule has 0 bridgehead atoms. The third-order valence-corrected chi connectivity index (χ3v) is 3.16. The second-order valence-electron chi connectivity index (χ2n) is 3.26. The van der Waals surface area contributed by atoms with E-state index in [-0.39, 0.29) is 11.6 Å². The van der Waals surface area contributed by atoms with Crippen molar-refractivity contribution in [2.45, 2.75) is 6.92 Å². The fourth-order valence-corrected chi connectivity index (χ4v) is 2.13. The molecule has 1 aromatic carbocycles. The minimum Gasteiger partial charge on any atom is -0.294 e. The van der Waals surface area contributed by atoms with Gasteiger partial charge in [0.25, 0.3) is 0 Å². The van der Waals surface area contributed by atoms with E-state index < -0.39 is 0 Å². The first-order valence-electron chi connectivity index (χ1n) is 4.52. The van der Waals surface area contributed by atoms with E-state index in [0.29, 0.717) is 0 Å². The molecule has 1 nitrogen and oxygen atoms in total. The lowest BCUT2D eigenvalue weighted by Gasteiger charge is -1.95. The molecule has 0 fully saturated rings. The largest absolute Gasteiger partial charge is 0.294 e. The van der Waals surface area contributed by atoms with E-state index in [1.165, 1.54) is 23.5 Å². The predicted molar refractivity (Wildman–Crippen MR) is 59.7 cm³/mol. The fourth-order valence-electron chi connectivity index (χ4n) is 1.31. The van der Waals surface area contributed by atoms with Gasteiger partial charge in [-0.2, -0.15) is 0 Å². The van der Waals surface area contributed by atoms with Gasteiger partial charge in [-0.05, 0) is 41.6 Å². The Hall–Kier alpha value is -1.48. The minimum absolute atomic E-state index is 0.0633. The van der Waals surface area contributed by atoms with Gasteiger partial charge in [-0.3, -0.25) is 4.79 Å². The molecule has 2 aromatic rings. The molecule has 0 amide bonds. The van der Waals surface area contributed by atoms with Gasteiger partial charge in [0.2, 0.25) is 0 Å². The SMILES string of the molecule is CC(=O)c1cc(-c2ccc(F)cc2)cs1. The van der Waals surface area contributed by atoms with E-state index in [0.717, 1.165) is 16.0 Å². The van der Waals surface area contributed by atoms with Crippen molar-refractivity contribution in [3.63, 3.8) is 0 Å². The van der Waals surface area contributed by atoms with Gasteiger partial charge in [-0.15, -0.1) is 11.3 Å². The van der Waals surface area contributed by atoms with Crippen LogP contribution in [0.3, 0.4) is 0 Å². The van der Waals surface area contributed by atoms with Gasteiger partial charge in [-0.1, -0.05) is 12.1 Å². The normalized spacial score (nSPS) is 10.3. The van der Waals surface area contributed by atoms with Crippen LogP contribution in [-0.2, 0) is 0 Å². The average Bonchev–Trinajstić information content (AvgIpc) is 2.68. The lowest BCUT2D eigenvalue weighted by molar-refractivity contribution is 0.102. The Morgan fingerprint density at radius 3 is 2.40 bits per heavy atom. The molecule has 0 saturated heterocycles. The van der Waals surface area contributed by atoms with Gasteiger partial charge in [0.05, 0.1) is 4.88 Å². The summed E-state index contributed by atoms with van der Waals surface area (Å²) in [7, 11) is 0. The third-order valence-electron chi connectivity index (χ3n) is 2.12. The molecule has 1 heterocycles. The van der Waals surface area contributed by atoms with Crippen LogP contribution >= 0.6 is 11.3 Å². The predicted octanol–water partition coefficient (Wildman–Crippen LogP) is 3.76. The van der Waals surface area contributed by atoms with E-state index in [1.807, 2.05) is 11.4 Å². The summed E-state index contributed by atoms with van der Waals surface area (Å²) in [6.45, 7) is 1.54. The Labute approximate surface area is 91.2 Å². The second-order valence-corrected chi connectivity index (χ2v) is 4.17. The smallest absolute Gasteiger partial charge is 0.169 e. The first-order valence-corrected chi connectivity index (χ1v) is 5.40. The number of carbonyl (C=O) groups is 1. The molecule has 0 aliphatic carbocycles. The van der Waals surface area contributed by atoms with Crippen LogP contribution in [0.2, 0.25) is 0 Å². The van der Waals surface area contributed by atoms with Gasteiger partial charge in [0.1, 0.15) is 5.82 Å². The van der Waals surface area contributed by atoms with Gasteiger partial charge < -0.3 is 0 Å². The second kappa shape index (κ2) is 3.95. The zero-order valence-electron chi connectivity index (χ0n) is 8.16. The third kappa shape index (κ3) is 2.13. The van der Waals surface area contributed by atoms with Crippen molar-refractivity contribution < 1.29 is 9.18 Å². The van der Waals surface area contributed by atoms with Crippen molar-refractivity contribution in [2.75, 3.05) is 0 Å². The van der Waals surface area contributed by atoms with Crippen LogP contribution in [-0.4, -0.2) is 5.78 Å². The molecule has 0 atom stereocenters. The summed E-state index contributed by atoms with van der Waals surface area (Å²) in [4.78, 5) is 11.8. The molecule has 15 heavy (non-hydrogen) atoms. The summed E-state index contributed by atoms with van der Waals surface area (Å²) in [5, 5.41) is 1.91. The van der Waals surface area contributed by atoms with Crippen molar-refractivity contribution in [1.29, 1.82) is 0 Å². The van der Waals surface area contributed by atoms with Crippen LogP contribution in [0.5, 0.6) is 0 Å². The fraction of sp³-hybridized carbons (Fsp3) is 0.0833. The van der Waals surface area contributed by atoms with Gasteiger partial charge in [0.15, 0.2) is 5.78 Å². The lowest BCUT2D eigenvalue weighted by Crippen LogP contribution is -1.84. The van der Waals surface area contributed by atoms with Crippen molar-refractivity contribution in [3.8, 4) is 11.1 Å². The maximum Gasteiger partial charge on any atom is 0.169 e. The highest BCUT2D eigenvalue weighted by Crippen LogP contribution is 2.25. The maximum atomic E-state index is 12.7. The minimum atomic E-state index is -0.249. The van der Waals surface area contributed by atoms with Crippen molar-refractivity contribution in [3.05, 3.63) is 46.4 Å². The van der Waals surface area contributed by atoms with Gasteiger partial charge >= 0.3 is 0 Å². The number of thiophene rings is 1. The average molecular weight is 220 g/mol. The summed E-state index contributed by atoms with van der Waals surface area (Å²) in [6, 6.07) is 8.09. The lowest BCUT2D eigenvalue weighted by atomic mass is 10.1. The zero-order valence-corrected chi connectivity index (χ0v) is 8.98. The van der Waals surface area contributed by atoms with Gasteiger partial charge in [0, 0.05) is 0 Å². The molecule has 76 valence electrons. The number of carbonyl (C=O) groups excluding carboxylic acids is 1. The highest BCUT2D eigenvalue weighted by molar-refractivity contribution is 7.12. The maximum absolute atomic E-state index is 12.7. The number of hydrogen-bond acceptors (Lipinski definition) is 2. The summed E-state index contributed by atoms with van der Waals surface area (Å²) in [5.41, 5.74) is 1.89. The molecular weight excluding hydrogens is 211 g/mol. The van der Waals surface area contributed by atoms with Crippen LogP contribution in [0, 0.1) is 5.82 Å². The van der Waals surface area contributed by atoms with Gasteiger partial charge in [-0.25, -0.2) is 4.39 Å². The number of benzene rings is 1. The molecule has 0 saturated carbocycles. The summed E-state index contributed by atoms with van der Waals surface area (Å²) >= 11 is 1.41. The Balaban J connectivity index is 2.37. The topological polar surface area (TPSA) is 17.1 Å². The van der Waals surface area contributed by atoms with E-state index in [2.05, 4.69) is 0 Å². The molecule has 0 spiro atoms. The van der Waals surface area contributed by atoms with E-state index in [1.54, 1.807) is 19.1 Å². The molecule has 1 aromatic heterocycles. The molecule has 2 rings (SSSR count). The van der Waals surface area contributed by atoms with Crippen molar-refractivity contribution in [2.24, 2.45) is 0 Å². The number of ketones is 1. The Morgan fingerprint density at radius 1 is 1.20 bits per heavy atom. The number of rotatable bonds is 2. The molecule has 0 aliphatic rings. The van der Waals surface area contributed by atoms with Crippen LogP contribution in [0.4, 0.5) is 4.39 Å². The van der Waals surface area contributed by atoms with E-state index in [4.69, 9.17) is 0 Å². The van der Waals surface area contributed by atoms with E-state index in [9.17, 15) is 9.18 Å². The summed E-state index contributed by atoms with van der Waals surface area (Å²) in [5.74, 6) is -0.186. The van der Waals surface area contributed by atoms with Crippen molar-refractivity contribution in [1.82, 2.24) is 0 Å². The van der Waals surface area contributed by atoms with Crippen LogP contribution in [0.15, 0.2) is 35.7 Å². The Bertz CT molecular complexity index is 485. The first kappa shape index (κ1) is 10.1. The first-order chi connectivity index (χ1) is 7.16. The molecule has 0 N–H and O–H groups in total.